The fourth-order valence-corrected chi connectivity index (χ4v) is 15.0. The third-order valence-corrected chi connectivity index (χ3v) is 21.3. The Morgan fingerprint density at radius 2 is 0.602 bits per heavy atom. The topological polar surface area (TPSA) is 811 Å². The number of ether oxygens (including phenoxy) is 17. The van der Waals surface area contributed by atoms with Gasteiger partial charge < -0.3 is 219 Å². The summed E-state index contributed by atoms with van der Waals surface area (Å²) in [7, 11) is -5.34. The van der Waals surface area contributed by atoms with Crippen molar-refractivity contribution in [1.82, 2.24) is 26.6 Å². The third kappa shape index (κ3) is 22.8. The molecule has 0 aliphatic carbocycles. The minimum atomic E-state index is -5.34. The van der Waals surface area contributed by atoms with Crippen molar-refractivity contribution in [2.45, 2.75) is 318 Å². The standard InChI is InChI=1S/C64H107N5O48S/c1-15-34(79)46(91)49(94)61(104-15)101-13-28-52(44(89)29(56(96)105-28)65-16(2)74)113-60-33(69-20(6)78)45(90)51(24(10-73)109-60)114-62-50(95)53(115-64-55(47(92)37(82)23(9-72)108-64)117-59-32(68-19(5)77)43(88)38(83)27(110-59)14-103-118(97,98)99)40(85)26(111-62)12-102-63-54(116-58-31(67-18(4)76)42(87)36(81)22(8-71)107-58)48(93)39(84)25(112-63)11-100-57-30(66-17(3)75)41(86)35(80)21(7-70)106-57/h15,21-64,70-73,79-96H,7-14H2,1-6H3,(H,65,74)(H,66,75)(H,67,76)(H,68,77)(H,69,78)(H,97,98,99)/t15-,21+,22+,23+,24+,25+,26+,27+,28+,29+,30+,31+,32+,33+,34+,35+,36+,37+,38+,39+,40+,41+,42+,43+,44+,45+,46-,47-,48-,49-,50-,51+,52+,53-,54-,55-,56+,57+,58-,59-,60-,61+,62-,63-,64+/m0/s1. The van der Waals surface area contributed by atoms with Crippen molar-refractivity contribution in [3.8, 4) is 0 Å². The van der Waals surface area contributed by atoms with Crippen molar-refractivity contribution in [1.29, 1.82) is 0 Å². The SMILES string of the molecule is CC(=O)N[C@@H]1[C@@H](O)[C@H](O[C@@H]2O[C@H](CO)[C@@H](O[C@@H]3O[C@H](CO[C@H]4O[C@H](CO[C@@H]5O[C@H](CO)[C@@H](O)[C@H](O)[C@H]5NC(C)=O)[C@@H](O)[C@H](O)[C@@H]4O[C@@H]4O[C@H](CO)[C@@H](O)[C@H](O)[C@H]4NC(C)=O)[C@@H](O)[C@H](O[C@H]4O[C@H](CO)[C@@H](O)[C@H](O)[C@@H]4O[C@@H]4O[C@H](COS(=O)(=O)O)[C@@H](O)[C@H](O)[C@H]4NC(C)=O)[C@@H]3O)[C@H](O)[C@H]2NC(C)=O)[C@@H](CO[C@@H]2O[C@@H](C)[C@@H](O)[C@H](O)[C@@H]2O)O[C@H]1O. The molecule has 9 heterocycles. The van der Waals surface area contributed by atoms with Gasteiger partial charge in [0.15, 0.2) is 56.6 Å². The fourth-order valence-electron chi connectivity index (χ4n) is 14.7. The number of nitrogens with one attached hydrogen (secondary N) is 5. The first-order valence-corrected chi connectivity index (χ1v) is 38.5. The molecule has 0 unspecified atom stereocenters. The number of aliphatic hydroxyl groups is 22. The third-order valence-electron chi connectivity index (χ3n) is 20.9. The molecule has 45 atom stereocenters. The zero-order valence-electron chi connectivity index (χ0n) is 63.5. The number of hydrogen-bond donors (Lipinski definition) is 28. The molecule has 5 amide bonds. The van der Waals surface area contributed by atoms with Crippen molar-refractivity contribution in [3.05, 3.63) is 0 Å². The average molecular weight is 1750 g/mol. The van der Waals surface area contributed by atoms with E-state index in [-0.39, 0.29) is 0 Å². The van der Waals surface area contributed by atoms with Gasteiger partial charge in [0.05, 0.1) is 59.0 Å². The van der Waals surface area contributed by atoms with E-state index in [4.69, 9.17) is 80.5 Å². The summed E-state index contributed by atoms with van der Waals surface area (Å²) >= 11 is 0. The van der Waals surface area contributed by atoms with Gasteiger partial charge >= 0.3 is 10.4 Å². The molecule has 0 aromatic rings. The number of hydrogen-bond acceptors (Lipinski definition) is 47. The van der Waals surface area contributed by atoms with Crippen molar-refractivity contribution in [2.75, 3.05) is 52.9 Å². The molecule has 682 valence electrons. The maximum atomic E-state index is 13.3. The van der Waals surface area contributed by atoms with Gasteiger partial charge in [-0.05, 0) is 6.92 Å². The van der Waals surface area contributed by atoms with E-state index in [0.717, 1.165) is 34.6 Å². The Morgan fingerprint density at radius 1 is 0.280 bits per heavy atom. The van der Waals surface area contributed by atoms with Gasteiger partial charge in [0.25, 0.3) is 0 Å². The summed E-state index contributed by atoms with van der Waals surface area (Å²) in [6.45, 7) is -2.90. The van der Waals surface area contributed by atoms with Gasteiger partial charge in [0, 0.05) is 34.6 Å². The predicted molar refractivity (Wildman–Crippen MR) is 364 cm³/mol. The summed E-state index contributed by atoms with van der Waals surface area (Å²) in [6.07, 6.45) is -84.2. The van der Waals surface area contributed by atoms with Crippen LogP contribution in [0.1, 0.15) is 41.5 Å². The highest BCUT2D eigenvalue weighted by atomic mass is 32.3. The van der Waals surface area contributed by atoms with E-state index in [0.29, 0.717) is 0 Å². The normalized spacial score (nSPS) is 47.1. The first-order valence-electron chi connectivity index (χ1n) is 37.1. The number of carbonyl (C=O) groups excluding carboxylic acids is 5. The molecule has 0 aromatic heterocycles. The molecule has 0 bridgehead atoms. The van der Waals surface area contributed by atoms with Crippen molar-refractivity contribution < 1.29 is 234 Å². The van der Waals surface area contributed by atoms with Crippen molar-refractivity contribution in [3.63, 3.8) is 0 Å². The van der Waals surface area contributed by atoms with Gasteiger partial charge in [-0.3, -0.25) is 28.5 Å². The van der Waals surface area contributed by atoms with Crippen molar-refractivity contribution >= 4 is 39.9 Å². The van der Waals surface area contributed by atoms with Gasteiger partial charge in [-0.15, -0.1) is 0 Å². The highest BCUT2D eigenvalue weighted by molar-refractivity contribution is 7.80. The second-order valence-corrected chi connectivity index (χ2v) is 30.6. The highest BCUT2D eigenvalue weighted by Gasteiger charge is 2.61. The lowest BCUT2D eigenvalue weighted by molar-refractivity contribution is -0.396. The first-order chi connectivity index (χ1) is 55.4. The van der Waals surface area contributed by atoms with Crippen LogP contribution in [0, 0.1) is 0 Å². The fraction of sp³-hybridized carbons (Fsp3) is 0.922. The molecule has 0 aromatic carbocycles. The number of amides is 5. The van der Waals surface area contributed by atoms with Crippen LogP contribution in [-0.2, 0) is 119 Å². The lowest BCUT2D eigenvalue weighted by atomic mass is 9.93. The van der Waals surface area contributed by atoms with Crippen LogP contribution in [0.3, 0.4) is 0 Å². The Labute approximate surface area is 669 Å². The quantitative estimate of drug-likeness (QED) is 0.0287. The van der Waals surface area contributed by atoms with E-state index in [1.54, 1.807) is 0 Å². The monoisotopic (exact) mass is 1750 g/mol. The molecule has 9 rings (SSSR count). The van der Waals surface area contributed by atoms with Crippen LogP contribution >= 0.6 is 0 Å². The van der Waals surface area contributed by atoms with E-state index < -0.39 is 369 Å². The van der Waals surface area contributed by atoms with Crippen LogP contribution in [0.2, 0.25) is 0 Å². The molecule has 9 saturated heterocycles. The summed E-state index contributed by atoms with van der Waals surface area (Å²) < 4.78 is 139. The van der Waals surface area contributed by atoms with E-state index in [1.807, 2.05) is 0 Å². The molecule has 0 saturated carbocycles. The minimum Gasteiger partial charge on any atom is -0.394 e. The van der Waals surface area contributed by atoms with E-state index in [9.17, 15) is 149 Å². The second-order valence-electron chi connectivity index (χ2n) is 29.5. The molecule has 118 heavy (non-hydrogen) atoms. The van der Waals surface area contributed by atoms with Gasteiger partial charge in [-0.25, -0.2) is 4.18 Å². The van der Waals surface area contributed by atoms with Crippen LogP contribution < -0.4 is 26.6 Å². The molecule has 9 fully saturated rings. The summed E-state index contributed by atoms with van der Waals surface area (Å²) in [4.78, 5) is 63.4. The molecule has 54 heteroatoms. The highest BCUT2D eigenvalue weighted by Crippen LogP contribution is 2.39. The number of aliphatic hydroxyl groups excluding tert-OH is 22. The second kappa shape index (κ2) is 42.1. The van der Waals surface area contributed by atoms with Gasteiger partial charge in [0.2, 0.25) is 29.5 Å². The summed E-state index contributed by atoms with van der Waals surface area (Å²) in [5.41, 5.74) is 0. The Bertz CT molecular complexity index is 3360. The zero-order valence-corrected chi connectivity index (χ0v) is 64.4. The van der Waals surface area contributed by atoms with Crippen LogP contribution in [0.15, 0.2) is 0 Å². The Hall–Kier alpha value is -4.34. The van der Waals surface area contributed by atoms with Gasteiger partial charge in [-0.1, -0.05) is 0 Å². The zero-order chi connectivity index (χ0) is 87.3. The molecule has 9 aliphatic heterocycles. The molecule has 0 spiro atoms. The maximum Gasteiger partial charge on any atom is 0.397 e. The molecule has 9 aliphatic rings. The van der Waals surface area contributed by atoms with E-state index >= 15 is 0 Å². The number of rotatable bonds is 31. The van der Waals surface area contributed by atoms with Gasteiger partial charge in [0.1, 0.15) is 213 Å². The minimum absolute atomic E-state index is 0.815. The molecule has 0 radical (unpaired) electrons. The van der Waals surface area contributed by atoms with Crippen LogP contribution in [0.4, 0.5) is 0 Å². The number of carbonyl (C=O) groups is 5. The average Bonchev–Trinajstić information content (AvgIpc) is 0.766. The Balaban J connectivity index is 1.09. The molecular formula is C64H107N5O48S. The predicted octanol–water partition coefficient (Wildman–Crippen LogP) is -19.1. The van der Waals surface area contributed by atoms with Crippen LogP contribution in [0.25, 0.3) is 0 Å². The summed E-state index contributed by atoms with van der Waals surface area (Å²) in [5.74, 6) is -4.55. The Morgan fingerprint density at radius 3 is 1.09 bits per heavy atom. The van der Waals surface area contributed by atoms with Crippen LogP contribution in [-0.4, -0.2) is 484 Å². The molecule has 28 N–H and O–H groups in total. The largest absolute Gasteiger partial charge is 0.397 e. The van der Waals surface area contributed by atoms with E-state index in [2.05, 4.69) is 30.8 Å². The summed E-state index contributed by atoms with van der Waals surface area (Å²) in [6, 6.07) is -9.26. The summed E-state index contributed by atoms with van der Waals surface area (Å²) in [5, 5.41) is 260. The molecular weight excluding hydrogens is 1640 g/mol. The smallest absolute Gasteiger partial charge is 0.394 e. The maximum absolute atomic E-state index is 13.3. The lowest BCUT2D eigenvalue weighted by Crippen LogP contribution is -2.71. The first kappa shape index (κ1) is 97.5. The van der Waals surface area contributed by atoms with Crippen LogP contribution in [0.5, 0.6) is 0 Å². The Kier molecular flexibility index (Phi) is 34.8. The van der Waals surface area contributed by atoms with E-state index in [1.165, 1.54) is 6.92 Å². The van der Waals surface area contributed by atoms with Gasteiger partial charge in [-0.2, -0.15) is 8.42 Å². The van der Waals surface area contributed by atoms with Crippen molar-refractivity contribution in [2.24, 2.45) is 0 Å². The lowest BCUT2D eigenvalue weighted by Gasteiger charge is -2.51. The molecule has 53 nitrogen and oxygen atoms in total.